The molecule has 0 atom stereocenters. The Labute approximate surface area is 105 Å². The van der Waals surface area contributed by atoms with Gasteiger partial charge in [0.05, 0.1) is 18.4 Å². The van der Waals surface area contributed by atoms with Gasteiger partial charge in [-0.1, -0.05) is 6.07 Å². The molecular formula is C12H14FN5. The summed E-state index contributed by atoms with van der Waals surface area (Å²) in [4.78, 5) is 13.8. The summed E-state index contributed by atoms with van der Waals surface area (Å²) in [5.41, 5.74) is 0.851. The zero-order valence-corrected chi connectivity index (χ0v) is 10.3. The summed E-state index contributed by atoms with van der Waals surface area (Å²) in [7, 11) is 3.45. The number of rotatable bonds is 4. The lowest BCUT2D eigenvalue weighted by molar-refractivity contribution is 0.607. The van der Waals surface area contributed by atoms with Crippen molar-refractivity contribution >= 4 is 11.8 Å². The van der Waals surface area contributed by atoms with Crippen molar-refractivity contribution in [2.24, 2.45) is 0 Å². The topological polar surface area (TPSA) is 53.9 Å². The van der Waals surface area contributed by atoms with Crippen LogP contribution < -0.4 is 10.2 Å². The minimum atomic E-state index is -0.451. The van der Waals surface area contributed by atoms with Crippen LogP contribution >= 0.6 is 0 Å². The van der Waals surface area contributed by atoms with Gasteiger partial charge >= 0.3 is 0 Å². The molecule has 0 unspecified atom stereocenters. The predicted molar refractivity (Wildman–Crippen MR) is 67.9 cm³/mol. The zero-order chi connectivity index (χ0) is 13.0. The van der Waals surface area contributed by atoms with Crippen molar-refractivity contribution in [3.05, 3.63) is 42.1 Å². The molecule has 0 aromatic carbocycles. The van der Waals surface area contributed by atoms with Gasteiger partial charge in [0.1, 0.15) is 0 Å². The molecule has 2 aromatic heterocycles. The smallest absolute Gasteiger partial charge is 0.224 e. The van der Waals surface area contributed by atoms with Crippen LogP contribution in [0, 0.1) is 5.82 Å². The number of hydrogen-bond acceptors (Lipinski definition) is 5. The third-order valence-electron chi connectivity index (χ3n) is 2.44. The molecule has 0 spiro atoms. The average molecular weight is 247 g/mol. The highest BCUT2D eigenvalue weighted by atomic mass is 19.1. The highest BCUT2D eigenvalue weighted by Crippen LogP contribution is 2.17. The quantitative estimate of drug-likeness (QED) is 0.891. The van der Waals surface area contributed by atoms with Crippen LogP contribution in [0.25, 0.3) is 0 Å². The Hall–Kier alpha value is -2.24. The van der Waals surface area contributed by atoms with Gasteiger partial charge in [-0.15, -0.1) is 0 Å². The van der Waals surface area contributed by atoms with E-state index in [4.69, 9.17) is 0 Å². The molecule has 18 heavy (non-hydrogen) atoms. The molecule has 0 aliphatic rings. The Bertz CT molecular complexity index is 517. The lowest BCUT2D eigenvalue weighted by atomic mass is 10.3. The van der Waals surface area contributed by atoms with Gasteiger partial charge in [-0.3, -0.25) is 4.98 Å². The summed E-state index contributed by atoms with van der Waals surface area (Å²) >= 11 is 0. The molecule has 6 heteroatoms. The number of nitrogens with one attached hydrogen (secondary N) is 1. The van der Waals surface area contributed by atoms with Crippen molar-refractivity contribution in [1.29, 1.82) is 0 Å². The van der Waals surface area contributed by atoms with E-state index in [0.717, 1.165) is 11.9 Å². The Morgan fingerprint density at radius 1 is 1.33 bits per heavy atom. The van der Waals surface area contributed by atoms with E-state index in [1.807, 2.05) is 18.2 Å². The maximum absolute atomic E-state index is 13.6. The predicted octanol–water partition coefficient (Wildman–Crippen LogP) is 1.69. The normalized spacial score (nSPS) is 10.2. The van der Waals surface area contributed by atoms with Crippen LogP contribution in [-0.4, -0.2) is 29.0 Å². The molecule has 1 N–H and O–H groups in total. The van der Waals surface area contributed by atoms with E-state index in [1.54, 1.807) is 25.2 Å². The van der Waals surface area contributed by atoms with Crippen LogP contribution in [0.1, 0.15) is 5.69 Å². The van der Waals surface area contributed by atoms with Crippen molar-refractivity contribution < 1.29 is 4.39 Å². The number of halogens is 1. The van der Waals surface area contributed by atoms with Crippen molar-refractivity contribution in [1.82, 2.24) is 15.0 Å². The summed E-state index contributed by atoms with van der Waals surface area (Å²) in [6.07, 6.45) is 2.86. The van der Waals surface area contributed by atoms with Gasteiger partial charge < -0.3 is 10.2 Å². The fraction of sp³-hybridized carbons (Fsp3) is 0.250. The van der Waals surface area contributed by atoms with Gasteiger partial charge in [-0.05, 0) is 12.1 Å². The van der Waals surface area contributed by atoms with Crippen LogP contribution in [0.3, 0.4) is 0 Å². The average Bonchev–Trinajstić information content (AvgIpc) is 2.40. The van der Waals surface area contributed by atoms with E-state index in [0.29, 0.717) is 12.5 Å². The lowest BCUT2D eigenvalue weighted by Gasteiger charge is -2.18. The molecule has 0 aliphatic carbocycles. The van der Waals surface area contributed by atoms with Crippen molar-refractivity contribution in [2.75, 3.05) is 24.3 Å². The number of pyridine rings is 1. The molecule has 0 fully saturated rings. The lowest BCUT2D eigenvalue weighted by Crippen LogP contribution is -2.20. The molecule has 0 bridgehead atoms. The molecular weight excluding hydrogens is 233 g/mol. The van der Waals surface area contributed by atoms with Crippen LogP contribution in [0.15, 0.2) is 30.6 Å². The number of nitrogens with zero attached hydrogens (tertiary/aromatic N) is 4. The molecule has 0 amide bonds. The molecule has 0 aliphatic heterocycles. The van der Waals surface area contributed by atoms with E-state index in [-0.39, 0.29) is 5.82 Å². The van der Waals surface area contributed by atoms with Crippen LogP contribution in [0.5, 0.6) is 0 Å². The Morgan fingerprint density at radius 2 is 2.17 bits per heavy atom. The van der Waals surface area contributed by atoms with Gasteiger partial charge in [0.15, 0.2) is 11.6 Å². The van der Waals surface area contributed by atoms with E-state index in [2.05, 4.69) is 20.3 Å². The van der Waals surface area contributed by atoms with Crippen LogP contribution in [0.2, 0.25) is 0 Å². The van der Waals surface area contributed by atoms with E-state index in [1.165, 1.54) is 0 Å². The molecule has 5 nitrogen and oxygen atoms in total. The van der Waals surface area contributed by atoms with Crippen molar-refractivity contribution in [3.63, 3.8) is 0 Å². The molecule has 0 saturated heterocycles. The molecule has 94 valence electrons. The highest BCUT2D eigenvalue weighted by molar-refractivity contribution is 5.43. The van der Waals surface area contributed by atoms with E-state index < -0.39 is 5.82 Å². The number of anilines is 2. The van der Waals surface area contributed by atoms with Gasteiger partial charge in [-0.2, -0.15) is 4.98 Å². The number of aromatic nitrogens is 3. The van der Waals surface area contributed by atoms with Crippen LogP contribution in [-0.2, 0) is 6.54 Å². The second-order valence-corrected chi connectivity index (χ2v) is 3.79. The maximum Gasteiger partial charge on any atom is 0.224 e. The summed E-state index contributed by atoms with van der Waals surface area (Å²) in [5.74, 6) is 0.187. The Balaban J connectivity index is 2.20. The van der Waals surface area contributed by atoms with E-state index in [9.17, 15) is 4.39 Å². The van der Waals surface area contributed by atoms with Crippen molar-refractivity contribution in [2.45, 2.75) is 6.54 Å². The highest BCUT2D eigenvalue weighted by Gasteiger charge is 2.11. The SMILES string of the molecule is CNc1ncc(F)c(N(C)Cc2ccccn2)n1. The largest absolute Gasteiger partial charge is 0.357 e. The molecule has 2 heterocycles. The third kappa shape index (κ3) is 2.71. The Morgan fingerprint density at radius 3 is 2.83 bits per heavy atom. The first-order valence-corrected chi connectivity index (χ1v) is 5.52. The van der Waals surface area contributed by atoms with Crippen molar-refractivity contribution in [3.8, 4) is 0 Å². The summed E-state index contributed by atoms with van der Waals surface area (Å²) in [6, 6.07) is 5.62. The monoisotopic (exact) mass is 247 g/mol. The summed E-state index contributed by atoms with van der Waals surface area (Å²) < 4.78 is 13.6. The molecule has 0 radical (unpaired) electrons. The minimum absolute atomic E-state index is 0.250. The van der Waals surface area contributed by atoms with E-state index >= 15 is 0 Å². The standard InChI is InChI=1S/C12H14FN5/c1-14-12-16-7-10(13)11(17-12)18(2)8-9-5-3-4-6-15-9/h3-7H,8H2,1-2H3,(H,14,16,17). The van der Waals surface area contributed by atoms with Gasteiger partial charge in [0, 0.05) is 20.3 Å². The van der Waals surface area contributed by atoms with Crippen LogP contribution in [0.4, 0.5) is 16.2 Å². The minimum Gasteiger partial charge on any atom is -0.357 e. The molecule has 0 saturated carbocycles. The summed E-state index contributed by atoms with van der Waals surface area (Å²) in [5, 5.41) is 2.78. The maximum atomic E-state index is 13.6. The first-order valence-electron chi connectivity index (χ1n) is 5.52. The van der Waals surface area contributed by atoms with Gasteiger partial charge in [0.25, 0.3) is 0 Å². The first kappa shape index (κ1) is 12.2. The third-order valence-corrected chi connectivity index (χ3v) is 2.44. The fourth-order valence-electron chi connectivity index (χ4n) is 1.56. The zero-order valence-electron chi connectivity index (χ0n) is 10.3. The first-order chi connectivity index (χ1) is 8.70. The van der Waals surface area contributed by atoms with Gasteiger partial charge in [-0.25, -0.2) is 9.37 Å². The molecule has 2 aromatic rings. The second kappa shape index (κ2) is 5.39. The molecule has 2 rings (SSSR count). The fourth-order valence-corrected chi connectivity index (χ4v) is 1.56. The number of hydrogen-bond donors (Lipinski definition) is 1. The Kier molecular flexibility index (Phi) is 3.66. The second-order valence-electron chi connectivity index (χ2n) is 3.79. The van der Waals surface area contributed by atoms with Gasteiger partial charge in [0.2, 0.25) is 5.95 Å². The summed E-state index contributed by atoms with van der Waals surface area (Å²) in [6.45, 7) is 0.484.